The molecule has 11 heteroatoms. The third kappa shape index (κ3) is 5.00. The van der Waals surface area contributed by atoms with Crippen molar-refractivity contribution in [1.29, 1.82) is 0 Å². The standard InChI is InChI=1S/C19H21F6NO3S/c1-11-4-9-16(13(3)12(11)2)30(28,29)26-15-7-5-14(6-8-15)17(27,19(23,24)25)10-18(20,21)22/h5-9,11,26-27H,4,10H2,1-3H3. The van der Waals surface area contributed by atoms with Gasteiger partial charge in [0.2, 0.25) is 0 Å². The Morgan fingerprint density at radius 1 is 1.07 bits per heavy atom. The molecule has 2 N–H and O–H groups in total. The van der Waals surface area contributed by atoms with E-state index in [1.807, 2.05) is 6.92 Å². The Morgan fingerprint density at radius 2 is 1.60 bits per heavy atom. The second-order valence-corrected chi connectivity index (χ2v) is 9.00. The number of benzene rings is 1. The lowest BCUT2D eigenvalue weighted by Crippen LogP contribution is -2.45. The van der Waals surface area contributed by atoms with E-state index in [4.69, 9.17) is 0 Å². The van der Waals surface area contributed by atoms with Crippen LogP contribution in [0.2, 0.25) is 0 Å². The number of halogens is 6. The van der Waals surface area contributed by atoms with Gasteiger partial charge in [-0.05, 0) is 49.5 Å². The highest BCUT2D eigenvalue weighted by Gasteiger charge is 2.59. The van der Waals surface area contributed by atoms with Crippen LogP contribution < -0.4 is 4.72 Å². The average Bonchev–Trinajstić information content (AvgIpc) is 2.57. The van der Waals surface area contributed by atoms with Gasteiger partial charge in [-0.2, -0.15) is 26.3 Å². The van der Waals surface area contributed by atoms with Gasteiger partial charge >= 0.3 is 12.4 Å². The fraction of sp³-hybridized carbons (Fsp3) is 0.474. The van der Waals surface area contributed by atoms with E-state index in [-0.39, 0.29) is 16.5 Å². The summed E-state index contributed by atoms with van der Waals surface area (Å²) in [5, 5.41) is 9.77. The second kappa shape index (κ2) is 7.92. The Morgan fingerprint density at radius 3 is 2.07 bits per heavy atom. The normalized spacial score (nSPS) is 20.6. The zero-order valence-corrected chi connectivity index (χ0v) is 17.1. The summed E-state index contributed by atoms with van der Waals surface area (Å²) in [6.07, 6.45) is -11.4. The number of hydrogen-bond donors (Lipinski definition) is 2. The number of allylic oxidation sites excluding steroid dienone is 3. The van der Waals surface area contributed by atoms with Crippen molar-refractivity contribution in [2.75, 3.05) is 4.72 Å². The molecule has 1 aromatic rings. The fourth-order valence-corrected chi connectivity index (χ4v) is 4.61. The van der Waals surface area contributed by atoms with Crippen LogP contribution in [0.5, 0.6) is 0 Å². The monoisotopic (exact) mass is 457 g/mol. The van der Waals surface area contributed by atoms with Gasteiger partial charge in [0.15, 0.2) is 5.60 Å². The highest BCUT2D eigenvalue weighted by atomic mass is 32.2. The molecule has 168 valence electrons. The van der Waals surface area contributed by atoms with Crippen LogP contribution in [-0.2, 0) is 15.6 Å². The van der Waals surface area contributed by atoms with Gasteiger partial charge < -0.3 is 5.11 Å². The quantitative estimate of drug-likeness (QED) is 0.583. The highest BCUT2D eigenvalue weighted by molar-refractivity contribution is 7.96. The minimum Gasteiger partial charge on any atom is -0.376 e. The molecule has 0 saturated heterocycles. The van der Waals surface area contributed by atoms with Gasteiger partial charge in [0.1, 0.15) is 0 Å². The van der Waals surface area contributed by atoms with Gasteiger partial charge in [-0.15, -0.1) is 0 Å². The van der Waals surface area contributed by atoms with Gasteiger partial charge in [0.25, 0.3) is 10.0 Å². The lowest BCUT2D eigenvalue weighted by atomic mass is 9.89. The van der Waals surface area contributed by atoms with Crippen molar-refractivity contribution in [1.82, 2.24) is 0 Å². The zero-order valence-electron chi connectivity index (χ0n) is 16.3. The molecule has 2 unspecified atom stereocenters. The largest absolute Gasteiger partial charge is 0.421 e. The molecule has 1 aliphatic carbocycles. The smallest absolute Gasteiger partial charge is 0.376 e. The Labute approximate surface area is 170 Å². The number of hydrogen-bond acceptors (Lipinski definition) is 3. The van der Waals surface area contributed by atoms with E-state index in [1.165, 1.54) is 6.08 Å². The first-order valence-electron chi connectivity index (χ1n) is 8.85. The number of anilines is 1. The number of alkyl halides is 6. The summed E-state index contributed by atoms with van der Waals surface area (Å²) in [7, 11) is -4.06. The topological polar surface area (TPSA) is 66.4 Å². The summed E-state index contributed by atoms with van der Waals surface area (Å²) in [6.45, 7) is 5.38. The minimum atomic E-state index is -5.59. The third-order valence-corrected chi connectivity index (χ3v) is 6.74. The maximum absolute atomic E-state index is 13.2. The number of rotatable bonds is 5. The minimum absolute atomic E-state index is 0.0334. The molecule has 0 spiro atoms. The number of aliphatic hydroxyl groups is 1. The van der Waals surface area contributed by atoms with Crippen LogP contribution in [0.1, 0.15) is 39.2 Å². The van der Waals surface area contributed by atoms with Gasteiger partial charge in [-0.25, -0.2) is 8.42 Å². The summed E-state index contributed by atoms with van der Waals surface area (Å²) in [4.78, 5) is 0.0334. The molecule has 0 fully saturated rings. The maximum Gasteiger partial charge on any atom is 0.421 e. The molecule has 0 saturated carbocycles. The highest BCUT2D eigenvalue weighted by Crippen LogP contribution is 2.46. The lowest BCUT2D eigenvalue weighted by molar-refractivity contribution is -0.300. The van der Waals surface area contributed by atoms with Crippen molar-refractivity contribution in [3.63, 3.8) is 0 Å². The molecule has 1 aromatic carbocycles. The summed E-state index contributed by atoms with van der Waals surface area (Å²) in [5.41, 5.74) is -3.92. The van der Waals surface area contributed by atoms with Crippen molar-refractivity contribution in [2.24, 2.45) is 5.92 Å². The van der Waals surface area contributed by atoms with E-state index in [0.29, 0.717) is 24.1 Å². The van der Waals surface area contributed by atoms with Crippen LogP contribution in [0, 0.1) is 5.92 Å². The van der Waals surface area contributed by atoms with Crippen LogP contribution in [0.4, 0.5) is 32.0 Å². The SMILES string of the molecule is CC1=C(C)C(C)CC=C1S(=O)(=O)Nc1ccc(C(O)(CC(F)(F)F)C(F)(F)F)cc1. The van der Waals surface area contributed by atoms with Crippen molar-refractivity contribution in [3.05, 3.63) is 52.0 Å². The number of sulfonamides is 1. The molecular formula is C19H21F6NO3S. The first-order valence-corrected chi connectivity index (χ1v) is 10.3. The molecule has 0 aliphatic heterocycles. The third-order valence-electron chi connectivity index (χ3n) is 5.19. The Hall–Kier alpha value is -2.01. The summed E-state index contributed by atoms with van der Waals surface area (Å²) >= 11 is 0. The predicted molar refractivity (Wildman–Crippen MR) is 99.8 cm³/mol. The van der Waals surface area contributed by atoms with Crippen LogP contribution in [0.3, 0.4) is 0 Å². The molecule has 0 amide bonds. The number of nitrogens with one attached hydrogen (secondary N) is 1. The van der Waals surface area contributed by atoms with Gasteiger partial charge in [0, 0.05) is 5.69 Å². The van der Waals surface area contributed by atoms with Crippen molar-refractivity contribution < 1.29 is 39.9 Å². The molecule has 30 heavy (non-hydrogen) atoms. The molecule has 2 atom stereocenters. The van der Waals surface area contributed by atoms with E-state index < -0.39 is 40.0 Å². The fourth-order valence-electron chi connectivity index (χ4n) is 3.17. The lowest BCUT2D eigenvalue weighted by Gasteiger charge is -2.31. The predicted octanol–water partition coefficient (Wildman–Crippen LogP) is 5.39. The molecule has 0 aromatic heterocycles. The van der Waals surface area contributed by atoms with Crippen molar-refractivity contribution in [2.45, 2.75) is 51.6 Å². The molecule has 0 bridgehead atoms. The Bertz CT molecular complexity index is 961. The molecule has 1 aliphatic rings. The molecule has 2 rings (SSSR count). The Balaban J connectivity index is 2.33. The first-order chi connectivity index (χ1) is 13.5. The summed E-state index contributed by atoms with van der Waals surface area (Å²) in [5.74, 6) is 0.164. The van der Waals surface area contributed by atoms with Crippen molar-refractivity contribution in [3.8, 4) is 0 Å². The maximum atomic E-state index is 13.2. The van der Waals surface area contributed by atoms with E-state index in [0.717, 1.165) is 17.7 Å². The van der Waals surface area contributed by atoms with E-state index in [9.17, 15) is 39.9 Å². The molecular weight excluding hydrogens is 436 g/mol. The van der Waals surface area contributed by atoms with E-state index in [2.05, 4.69) is 4.72 Å². The molecule has 4 nitrogen and oxygen atoms in total. The molecule has 0 radical (unpaired) electrons. The van der Waals surface area contributed by atoms with E-state index in [1.54, 1.807) is 13.8 Å². The van der Waals surface area contributed by atoms with Gasteiger partial charge in [0.05, 0.1) is 11.3 Å². The Kier molecular flexibility index (Phi) is 6.40. The average molecular weight is 457 g/mol. The van der Waals surface area contributed by atoms with Crippen LogP contribution in [-0.4, -0.2) is 25.9 Å². The zero-order chi connectivity index (χ0) is 23.1. The van der Waals surface area contributed by atoms with Gasteiger partial charge in [-0.3, -0.25) is 4.72 Å². The first kappa shape index (κ1) is 24.3. The second-order valence-electron chi connectivity index (χ2n) is 7.35. The van der Waals surface area contributed by atoms with E-state index >= 15 is 0 Å². The van der Waals surface area contributed by atoms with Crippen LogP contribution in [0.15, 0.2) is 46.4 Å². The van der Waals surface area contributed by atoms with Crippen LogP contribution in [0.25, 0.3) is 0 Å². The van der Waals surface area contributed by atoms with Gasteiger partial charge in [-0.1, -0.05) is 30.7 Å². The van der Waals surface area contributed by atoms with Crippen molar-refractivity contribution >= 4 is 15.7 Å². The van der Waals surface area contributed by atoms with Crippen LogP contribution >= 0.6 is 0 Å². The summed E-state index contributed by atoms with van der Waals surface area (Å²) < 4.78 is 105. The summed E-state index contributed by atoms with van der Waals surface area (Å²) in [6, 6.07) is 2.97. The molecule has 0 heterocycles.